The molecule has 7 rings (SSSR count). The normalized spacial score (nSPS) is 16.1. The minimum Gasteiger partial charge on any atom is -0.466 e. The Balaban J connectivity index is 1.28. The monoisotopic (exact) mass is 638 g/mol. The zero-order valence-corrected chi connectivity index (χ0v) is 26.9. The van der Waals surface area contributed by atoms with Crippen LogP contribution in [0.5, 0.6) is 0 Å². The number of rotatable bonds is 7. The van der Waals surface area contributed by atoms with Gasteiger partial charge >= 0.3 is 5.97 Å². The molecular formula is C35H35ClN6O4. The lowest BCUT2D eigenvalue weighted by Crippen LogP contribution is -2.38. The molecule has 0 saturated carbocycles. The van der Waals surface area contributed by atoms with E-state index in [0.29, 0.717) is 35.5 Å². The summed E-state index contributed by atoms with van der Waals surface area (Å²) in [5.74, 6) is 0.362. The summed E-state index contributed by atoms with van der Waals surface area (Å²) in [4.78, 5) is 47.7. The molecule has 46 heavy (non-hydrogen) atoms. The number of hydrogen-bond donors (Lipinski definition) is 0. The highest BCUT2D eigenvalue weighted by Crippen LogP contribution is 2.43. The largest absolute Gasteiger partial charge is 0.466 e. The molecule has 2 aliphatic rings. The lowest BCUT2D eigenvalue weighted by molar-refractivity contribution is -0.142. The first-order chi connectivity index (χ1) is 22.3. The van der Waals surface area contributed by atoms with Gasteiger partial charge in [-0.25, -0.2) is 19.9 Å². The molecule has 0 bridgehead atoms. The quantitative estimate of drug-likeness (QED) is 0.110. The molecule has 0 aliphatic carbocycles. The highest BCUT2D eigenvalue weighted by atomic mass is 35.5. The van der Waals surface area contributed by atoms with Crippen molar-refractivity contribution in [3.05, 3.63) is 70.4 Å². The van der Waals surface area contributed by atoms with Crippen LogP contribution in [0.4, 0.5) is 11.5 Å². The number of hydrogen-bond acceptors (Lipinski definition) is 10. The van der Waals surface area contributed by atoms with E-state index in [1.54, 1.807) is 19.4 Å². The van der Waals surface area contributed by atoms with Crippen molar-refractivity contribution in [1.29, 1.82) is 0 Å². The maximum Gasteiger partial charge on any atom is 0.310 e. The summed E-state index contributed by atoms with van der Waals surface area (Å²) in [6, 6.07) is 10.1. The summed E-state index contributed by atoms with van der Waals surface area (Å²) in [6.45, 7) is 9.49. The summed E-state index contributed by atoms with van der Waals surface area (Å²) in [5.41, 5.74) is 7.67. The molecule has 236 valence electrons. The van der Waals surface area contributed by atoms with Crippen LogP contribution in [0.2, 0.25) is 5.15 Å². The second-order valence-electron chi connectivity index (χ2n) is 12.7. The number of furan rings is 1. The standard InChI is InChI=1S/C35H35ClN6O4/c1-4-45-27(44)17-25-30(41-14-10-35(2,3)11-15-41)28(26(19-43)40-32(25)36)22-7-8-23-18-42(13-9-21(23)16-22)33-31-29(38-20-39-33)24-6-5-12-37-34(24)46-31/h5-8,12,16,19-20H,4,9-11,13-15,17-18H2,1-3H3. The third-order valence-electron chi connectivity index (χ3n) is 9.23. The molecule has 0 atom stereocenters. The Kier molecular flexibility index (Phi) is 7.84. The number of carbonyl (C=O) groups excluding carboxylic acids is 2. The maximum absolute atomic E-state index is 12.8. The number of esters is 1. The molecule has 0 unspecified atom stereocenters. The van der Waals surface area contributed by atoms with Crippen molar-refractivity contribution in [3.63, 3.8) is 0 Å². The van der Waals surface area contributed by atoms with Crippen LogP contribution in [-0.2, 0) is 28.9 Å². The van der Waals surface area contributed by atoms with Gasteiger partial charge in [-0.2, -0.15) is 0 Å². The molecule has 10 nitrogen and oxygen atoms in total. The van der Waals surface area contributed by atoms with Crippen molar-refractivity contribution >= 4 is 57.6 Å². The average Bonchev–Trinajstić information content (AvgIpc) is 3.44. The lowest BCUT2D eigenvalue weighted by Gasteiger charge is -2.40. The molecule has 0 radical (unpaired) electrons. The van der Waals surface area contributed by atoms with Gasteiger partial charge in [0.15, 0.2) is 17.7 Å². The number of nitrogens with zero attached hydrogens (tertiary/aromatic N) is 6. The number of ether oxygens (including phenoxy) is 1. The Morgan fingerprint density at radius 1 is 1.09 bits per heavy atom. The van der Waals surface area contributed by atoms with Crippen molar-refractivity contribution in [3.8, 4) is 11.1 Å². The molecule has 0 spiro atoms. The Labute approximate surface area is 271 Å². The van der Waals surface area contributed by atoms with E-state index in [-0.39, 0.29) is 35.3 Å². The predicted octanol–water partition coefficient (Wildman–Crippen LogP) is 6.59. The van der Waals surface area contributed by atoms with Crippen LogP contribution in [0.1, 0.15) is 60.8 Å². The molecule has 1 saturated heterocycles. The molecule has 0 N–H and O–H groups in total. The Hall–Kier alpha value is -4.57. The topological polar surface area (TPSA) is 115 Å². The van der Waals surface area contributed by atoms with Gasteiger partial charge in [0.25, 0.3) is 0 Å². The number of pyridine rings is 2. The van der Waals surface area contributed by atoms with Gasteiger partial charge in [0.2, 0.25) is 5.71 Å². The number of fused-ring (bicyclic) bond motifs is 4. The van der Waals surface area contributed by atoms with Crippen LogP contribution in [0.15, 0.2) is 47.3 Å². The van der Waals surface area contributed by atoms with Crippen molar-refractivity contribution in [2.45, 2.75) is 53.0 Å². The maximum atomic E-state index is 12.8. The third-order valence-corrected chi connectivity index (χ3v) is 9.55. The fourth-order valence-electron chi connectivity index (χ4n) is 6.68. The van der Waals surface area contributed by atoms with Crippen LogP contribution in [0.25, 0.3) is 33.3 Å². The Morgan fingerprint density at radius 3 is 2.70 bits per heavy atom. The average molecular weight is 639 g/mol. The zero-order valence-electron chi connectivity index (χ0n) is 26.2. The Morgan fingerprint density at radius 2 is 1.91 bits per heavy atom. The highest BCUT2D eigenvalue weighted by Gasteiger charge is 2.32. The van der Waals surface area contributed by atoms with Gasteiger partial charge in [-0.3, -0.25) is 9.59 Å². The fourth-order valence-corrected chi connectivity index (χ4v) is 6.93. The van der Waals surface area contributed by atoms with E-state index in [4.69, 9.17) is 20.8 Å². The van der Waals surface area contributed by atoms with Crippen LogP contribution < -0.4 is 9.80 Å². The van der Waals surface area contributed by atoms with E-state index in [9.17, 15) is 9.59 Å². The lowest BCUT2D eigenvalue weighted by atomic mass is 9.82. The summed E-state index contributed by atoms with van der Waals surface area (Å²) in [6.07, 6.45) is 6.72. The van der Waals surface area contributed by atoms with Gasteiger partial charge in [-0.15, -0.1) is 0 Å². The van der Waals surface area contributed by atoms with Gasteiger partial charge < -0.3 is 19.0 Å². The molecule has 4 aromatic heterocycles. The van der Waals surface area contributed by atoms with E-state index < -0.39 is 0 Å². The SMILES string of the molecule is CCOC(=O)Cc1c(Cl)nc(C=O)c(-c2ccc3c(c2)CCN(c2ncnc4c2oc2ncccc24)C3)c1N1CCC(C)(C)CC1. The van der Waals surface area contributed by atoms with E-state index in [0.717, 1.165) is 72.2 Å². The molecule has 5 aromatic rings. The molecule has 6 heterocycles. The number of anilines is 2. The number of halogens is 1. The minimum absolute atomic E-state index is 0.0222. The van der Waals surface area contributed by atoms with E-state index >= 15 is 0 Å². The number of aromatic nitrogens is 4. The summed E-state index contributed by atoms with van der Waals surface area (Å²) >= 11 is 6.72. The fraction of sp³-hybridized carbons (Fsp3) is 0.371. The van der Waals surface area contributed by atoms with Crippen LogP contribution in [0, 0.1) is 5.41 Å². The smallest absolute Gasteiger partial charge is 0.310 e. The first kappa shape index (κ1) is 30.1. The molecule has 1 fully saturated rings. The van der Waals surface area contributed by atoms with Crippen molar-refractivity contribution in [1.82, 2.24) is 19.9 Å². The van der Waals surface area contributed by atoms with Gasteiger partial charge in [-0.1, -0.05) is 43.6 Å². The van der Waals surface area contributed by atoms with Gasteiger partial charge in [0.1, 0.15) is 22.7 Å². The van der Waals surface area contributed by atoms with Crippen molar-refractivity contribution in [2.75, 3.05) is 36.0 Å². The van der Waals surface area contributed by atoms with E-state index in [2.05, 4.69) is 55.7 Å². The molecule has 11 heteroatoms. The van der Waals surface area contributed by atoms with Gasteiger partial charge in [0.05, 0.1) is 24.1 Å². The van der Waals surface area contributed by atoms with Crippen molar-refractivity contribution in [2.24, 2.45) is 5.41 Å². The number of carbonyl (C=O) groups is 2. The van der Waals surface area contributed by atoms with Crippen LogP contribution in [0.3, 0.4) is 0 Å². The molecule has 0 amide bonds. The summed E-state index contributed by atoms with van der Waals surface area (Å²) < 4.78 is 11.4. The first-order valence-electron chi connectivity index (χ1n) is 15.7. The molecule has 2 aliphatic heterocycles. The van der Waals surface area contributed by atoms with E-state index in [1.165, 1.54) is 5.56 Å². The van der Waals surface area contributed by atoms with Gasteiger partial charge in [-0.05, 0) is 60.4 Å². The summed E-state index contributed by atoms with van der Waals surface area (Å²) in [5, 5.41) is 1.02. The summed E-state index contributed by atoms with van der Waals surface area (Å²) in [7, 11) is 0. The molecule has 1 aromatic carbocycles. The second-order valence-corrected chi connectivity index (χ2v) is 13.1. The van der Waals surface area contributed by atoms with Crippen LogP contribution in [-0.4, -0.2) is 58.4 Å². The Bertz CT molecular complexity index is 1980. The van der Waals surface area contributed by atoms with Gasteiger partial charge in [0, 0.05) is 43.5 Å². The van der Waals surface area contributed by atoms with Crippen molar-refractivity contribution < 1.29 is 18.7 Å². The predicted molar refractivity (Wildman–Crippen MR) is 177 cm³/mol. The number of piperidine rings is 1. The molecular weight excluding hydrogens is 604 g/mol. The number of aldehydes is 1. The second kappa shape index (κ2) is 12.0. The zero-order chi connectivity index (χ0) is 32.0. The first-order valence-corrected chi connectivity index (χ1v) is 16.1. The van der Waals surface area contributed by atoms with E-state index in [1.807, 2.05) is 18.2 Å². The van der Waals surface area contributed by atoms with Crippen LogP contribution >= 0.6 is 11.6 Å². The third kappa shape index (κ3) is 5.44. The minimum atomic E-state index is -0.376. The highest BCUT2D eigenvalue weighted by molar-refractivity contribution is 6.31. The number of benzene rings is 1.